The van der Waals surface area contributed by atoms with Gasteiger partial charge in [-0.25, -0.2) is 14.2 Å². The minimum atomic E-state index is -0.250. The van der Waals surface area contributed by atoms with Gasteiger partial charge in [0.25, 0.3) is 5.91 Å². The Kier molecular flexibility index (Phi) is 5.74. The molecule has 1 aliphatic heterocycles. The molecule has 0 bridgehead atoms. The van der Waals surface area contributed by atoms with Crippen LogP contribution in [0.5, 0.6) is 0 Å². The summed E-state index contributed by atoms with van der Waals surface area (Å²) in [6.45, 7) is 9.42. The average Bonchev–Trinajstić information content (AvgIpc) is 3.53. The number of nitrogens with zero attached hydrogens (tertiary/aromatic N) is 7. The maximum atomic E-state index is 12.5. The first-order valence-corrected chi connectivity index (χ1v) is 11.4. The summed E-state index contributed by atoms with van der Waals surface area (Å²) in [5.41, 5.74) is 3.86. The van der Waals surface area contributed by atoms with E-state index in [1.165, 1.54) is 0 Å². The minimum absolute atomic E-state index is 0.227. The van der Waals surface area contributed by atoms with Crippen molar-refractivity contribution >= 4 is 17.2 Å². The molecule has 0 atom stereocenters. The van der Waals surface area contributed by atoms with E-state index in [0.29, 0.717) is 25.5 Å². The summed E-state index contributed by atoms with van der Waals surface area (Å²) in [4.78, 5) is 19.7. The minimum Gasteiger partial charge on any atom is -0.378 e. The van der Waals surface area contributed by atoms with Gasteiger partial charge in [0.15, 0.2) is 5.69 Å². The lowest BCUT2D eigenvalue weighted by atomic mass is 10.1. The van der Waals surface area contributed by atoms with Crippen molar-refractivity contribution in [1.82, 2.24) is 34.9 Å². The number of carbonyl (C=O) groups excluding carboxylic acids is 1. The second-order valence-electron chi connectivity index (χ2n) is 9.31. The number of anilines is 1. The molecule has 0 saturated carbocycles. The van der Waals surface area contributed by atoms with Gasteiger partial charge in [-0.1, -0.05) is 29.5 Å². The van der Waals surface area contributed by atoms with Crippen molar-refractivity contribution in [2.75, 3.05) is 31.2 Å². The number of fused-ring (bicyclic) bond motifs is 1. The lowest BCUT2D eigenvalue weighted by molar-refractivity contribution is 0.0946. The van der Waals surface area contributed by atoms with Crippen molar-refractivity contribution in [3.8, 4) is 11.3 Å². The van der Waals surface area contributed by atoms with Crippen LogP contribution in [0.1, 0.15) is 36.8 Å². The highest BCUT2D eigenvalue weighted by molar-refractivity contribution is 5.91. The molecule has 1 aliphatic rings. The van der Waals surface area contributed by atoms with Crippen LogP contribution < -0.4 is 10.2 Å². The van der Waals surface area contributed by atoms with Crippen molar-refractivity contribution in [2.45, 2.75) is 32.9 Å². The number of hydrogen-bond donors (Lipinski definition) is 1. The van der Waals surface area contributed by atoms with E-state index in [-0.39, 0.29) is 11.4 Å². The van der Waals surface area contributed by atoms with E-state index in [4.69, 9.17) is 9.72 Å². The van der Waals surface area contributed by atoms with Crippen LogP contribution in [0.3, 0.4) is 0 Å². The van der Waals surface area contributed by atoms with Crippen molar-refractivity contribution in [3.63, 3.8) is 0 Å². The molecule has 176 valence electrons. The Hall–Kier alpha value is -3.79. The monoisotopic (exact) mass is 460 g/mol. The molecule has 0 aliphatic carbocycles. The van der Waals surface area contributed by atoms with Crippen LogP contribution in [-0.2, 0) is 16.8 Å². The molecule has 1 amide bonds. The zero-order valence-corrected chi connectivity index (χ0v) is 19.6. The fourth-order valence-corrected chi connectivity index (χ4v) is 3.82. The Morgan fingerprint density at radius 1 is 1.09 bits per heavy atom. The molecule has 10 heteroatoms. The fraction of sp³-hybridized carbons (Fsp3) is 0.375. The molecule has 1 aromatic carbocycles. The summed E-state index contributed by atoms with van der Waals surface area (Å²) in [7, 11) is 0. The summed E-state index contributed by atoms with van der Waals surface area (Å²) in [6.07, 6.45) is 5.41. The number of hydrogen-bond acceptors (Lipinski definition) is 7. The topological polar surface area (TPSA) is 102 Å². The highest BCUT2D eigenvalue weighted by Gasteiger charge is 2.19. The maximum Gasteiger partial charge on any atom is 0.273 e. The van der Waals surface area contributed by atoms with Crippen LogP contribution in [0, 0.1) is 0 Å². The van der Waals surface area contributed by atoms with E-state index < -0.39 is 0 Å². The summed E-state index contributed by atoms with van der Waals surface area (Å²) in [6, 6.07) is 10.0. The molecule has 4 aromatic rings. The number of ether oxygens (including phenoxy) is 1. The zero-order chi connectivity index (χ0) is 23.7. The average molecular weight is 461 g/mol. The van der Waals surface area contributed by atoms with Crippen LogP contribution >= 0.6 is 0 Å². The number of rotatable bonds is 5. The predicted molar refractivity (Wildman–Crippen MR) is 128 cm³/mol. The zero-order valence-electron chi connectivity index (χ0n) is 19.6. The van der Waals surface area contributed by atoms with Crippen LogP contribution in [0.15, 0.2) is 48.9 Å². The number of amides is 1. The number of carbonyl (C=O) groups is 1. The number of aromatic nitrogens is 6. The van der Waals surface area contributed by atoms with Gasteiger partial charge >= 0.3 is 0 Å². The molecule has 3 aromatic heterocycles. The second-order valence-corrected chi connectivity index (χ2v) is 9.31. The number of morpholine rings is 1. The fourth-order valence-electron chi connectivity index (χ4n) is 3.82. The molecule has 10 nitrogen and oxygen atoms in total. The van der Waals surface area contributed by atoms with E-state index in [1.807, 2.05) is 61.8 Å². The van der Waals surface area contributed by atoms with Gasteiger partial charge < -0.3 is 15.0 Å². The molecule has 1 saturated heterocycles. The molecule has 0 radical (unpaired) electrons. The third-order valence-electron chi connectivity index (χ3n) is 5.81. The third kappa shape index (κ3) is 4.49. The first kappa shape index (κ1) is 22.0. The summed E-state index contributed by atoms with van der Waals surface area (Å²) >= 11 is 0. The van der Waals surface area contributed by atoms with Crippen LogP contribution in [0.25, 0.3) is 16.8 Å². The number of benzene rings is 1. The van der Waals surface area contributed by atoms with Gasteiger partial charge in [0, 0.05) is 25.2 Å². The summed E-state index contributed by atoms with van der Waals surface area (Å²) in [5, 5.41) is 15.4. The van der Waals surface area contributed by atoms with Gasteiger partial charge in [0.05, 0.1) is 48.6 Å². The lowest BCUT2D eigenvalue weighted by Gasteiger charge is -2.28. The molecule has 1 fully saturated rings. The van der Waals surface area contributed by atoms with Crippen molar-refractivity contribution in [3.05, 3.63) is 60.2 Å². The molecule has 4 heterocycles. The molecule has 1 N–H and O–H groups in total. The highest BCUT2D eigenvalue weighted by atomic mass is 16.5. The van der Waals surface area contributed by atoms with Gasteiger partial charge in [-0.3, -0.25) is 4.79 Å². The largest absolute Gasteiger partial charge is 0.378 e. The van der Waals surface area contributed by atoms with Gasteiger partial charge in [0.2, 0.25) is 0 Å². The molecular formula is C24H28N8O2. The Bertz CT molecular complexity index is 1300. The van der Waals surface area contributed by atoms with Crippen LogP contribution in [0.2, 0.25) is 0 Å². The lowest BCUT2D eigenvalue weighted by Crippen LogP contribution is -2.37. The molecule has 0 unspecified atom stereocenters. The quantitative estimate of drug-likeness (QED) is 0.488. The van der Waals surface area contributed by atoms with E-state index >= 15 is 0 Å². The smallest absolute Gasteiger partial charge is 0.273 e. The standard InChI is InChI=1S/C24H28N8O2/c1-24(2,3)32-15-19(28-29-32)23(33)25-14-17-4-6-18(7-5-17)22-20-8-9-26-31(20)16-21(27-22)30-10-12-34-13-11-30/h4-9,15-16H,10-14H2,1-3H3,(H,25,33). The summed E-state index contributed by atoms with van der Waals surface area (Å²) < 4.78 is 9.03. The third-order valence-corrected chi connectivity index (χ3v) is 5.81. The SMILES string of the molecule is CC(C)(C)n1cc(C(=O)NCc2ccc(-c3nc(N4CCOCC4)cn4nccc34)cc2)nn1. The van der Waals surface area contributed by atoms with Crippen molar-refractivity contribution in [2.24, 2.45) is 0 Å². The van der Waals surface area contributed by atoms with E-state index in [0.717, 1.165) is 41.2 Å². The highest BCUT2D eigenvalue weighted by Crippen LogP contribution is 2.26. The Morgan fingerprint density at radius 2 is 1.85 bits per heavy atom. The van der Waals surface area contributed by atoms with Gasteiger partial charge in [-0.15, -0.1) is 5.10 Å². The Labute approximate surface area is 197 Å². The van der Waals surface area contributed by atoms with Crippen molar-refractivity contribution < 1.29 is 9.53 Å². The van der Waals surface area contributed by atoms with Crippen molar-refractivity contribution in [1.29, 1.82) is 0 Å². The summed E-state index contributed by atoms with van der Waals surface area (Å²) in [5.74, 6) is 0.634. The molecule has 0 spiro atoms. The van der Waals surface area contributed by atoms with Crippen LogP contribution in [-0.4, -0.2) is 61.8 Å². The van der Waals surface area contributed by atoms with E-state index in [1.54, 1.807) is 17.1 Å². The first-order valence-electron chi connectivity index (χ1n) is 11.4. The van der Waals surface area contributed by atoms with E-state index in [2.05, 4.69) is 25.6 Å². The van der Waals surface area contributed by atoms with Gasteiger partial charge in [-0.05, 0) is 32.4 Å². The Balaban J connectivity index is 1.32. The van der Waals surface area contributed by atoms with Gasteiger partial charge in [-0.2, -0.15) is 5.10 Å². The predicted octanol–water partition coefficient (Wildman–Crippen LogP) is 2.51. The second kappa shape index (κ2) is 8.86. The normalized spacial score (nSPS) is 14.5. The molecular weight excluding hydrogens is 432 g/mol. The molecule has 5 rings (SSSR count). The Morgan fingerprint density at radius 3 is 2.56 bits per heavy atom. The number of nitrogens with one attached hydrogen (secondary N) is 1. The van der Waals surface area contributed by atoms with E-state index in [9.17, 15) is 4.79 Å². The maximum absolute atomic E-state index is 12.5. The first-order chi connectivity index (χ1) is 16.4. The van der Waals surface area contributed by atoms with Gasteiger partial charge in [0.1, 0.15) is 5.82 Å². The molecule has 34 heavy (non-hydrogen) atoms. The van der Waals surface area contributed by atoms with Crippen LogP contribution in [0.4, 0.5) is 5.82 Å².